The van der Waals surface area contributed by atoms with Crippen molar-refractivity contribution < 1.29 is 23.1 Å². The van der Waals surface area contributed by atoms with Gasteiger partial charge in [-0.1, -0.05) is 12.1 Å². The number of amides is 2. The molecule has 2 N–H and O–H groups in total. The quantitative estimate of drug-likeness (QED) is 0.727. The molecule has 0 aliphatic rings. The van der Waals surface area contributed by atoms with Gasteiger partial charge in [-0.15, -0.1) is 0 Å². The van der Waals surface area contributed by atoms with Gasteiger partial charge in [-0.3, -0.25) is 9.59 Å². The Labute approximate surface area is 148 Å². The summed E-state index contributed by atoms with van der Waals surface area (Å²) < 4.78 is 24.0. The van der Waals surface area contributed by atoms with E-state index in [4.69, 9.17) is 9.15 Å². The van der Waals surface area contributed by atoms with Crippen molar-refractivity contribution in [1.82, 2.24) is 0 Å². The second-order valence-corrected chi connectivity index (χ2v) is 5.28. The number of benzene rings is 2. The summed E-state index contributed by atoms with van der Waals surface area (Å²) in [5.41, 5.74) is 0.466. The Morgan fingerprint density at radius 3 is 2.42 bits per heavy atom. The van der Waals surface area contributed by atoms with Crippen molar-refractivity contribution in [2.45, 2.75) is 0 Å². The zero-order chi connectivity index (χ0) is 18.5. The molecule has 0 saturated carbocycles. The third-order valence-electron chi connectivity index (χ3n) is 3.59. The lowest BCUT2D eigenvalue weighted by Gasteiger charge is -2.13. The van der Waals surface area contributed by atoms with Crippen LogP contribution in [-0.4, -0.2) is 18.9 Å². The minimum atomic E-state index is -0.648. The van der Waals surface area contributed by atoms with Crippen LogP contribution in [0.3, 0.4) is 0 Å². The smallest absolute Gasteiger partial charge is 0.291 e. The lowest BCUT2D eigenvalue weighted by Crippen LogP contribution is -2.17. The van der Waals surface area contributed by atoms with Crippen molar-refractivity contribution in [2.24, 2.45) is 0 Å². The zero-order valence-electron chi connectivity index (χ0n) is 13.8. The third kappa shape index (κ3) is 3.72. The molecule has 7 heteroatoms. The van der Waals surface area contributed by atoms with Crippen LogP contribution in [0.4, 0.5) is 15.8 Å². The summed E-state index contributed by atoms with van der Waals surface area (Å²) in [5, 5.41) is 5.23. The molecule has 0 unspecified atom stereocenters. The molecule has 0 aliphatic heterocycles. The number of carbonyl (C=O) groups excluding carboxylic acids is 2. The maximum absolute atomic E-state index is 13.8. The molecule has 1 heterocycles. The van der Waals surface area contributed by atoms with Gasteiger partial charge in [0.05, 0.1) is 30.3 Å². The maximum Gasteiger partial charge on any atom is 0.291 e. The normalized spacial score (nSPS) is 10.2. The van der Waals surface area contributed by atoms with Gasteiger partial charge in [-0.05, 0) is 36.4 Å². The fraction of sp³-hybridized carbons (Fsp3) is 0.0526. The van der Waals surface area contributed by atoms with Gasteiger partial charge in [0.2, 0.25) is 0 Å². The number of hydrogen-bond donors (Lipinski definition) is 2. The number of halogens is 1. The summed E-state index contributed by atoms with van der Waals surface area (Å²) in [6, 6.07) is 13.4. The van der Waals surface area contributed by atoms with Gasteiger partial charge in [0.15, 0.2) is 5.76 Å². The predicted octanol–water partition coefficient (Wildman–Crippen LogP) is 3.93. The zero-order valence-corrected chi connectivity index (χ0v) is 13.8. The molecule has 0 atom stereocenters. The maximum atomic E-state index is 13.8. The van der Waals surface area contributed by atoms with Crippen molar-refractivity contribution in [3.8, 4) is 5.75 Å². The van der Waals surface area contributed by atoms with Crippen molar-refractivity contribution in [1.29, 1.82) is 0 Å². The van der Waals surface area contributed by atoms with E-state index in [9.17, 15) is 14.0 Å². The van der Waals surface area contributed by atoms with Crippen LogP contribution in [-0.2, 0) is 0 Å². The molecule has 0 fully saturated rings. The van der Waals surface area contributed by atoms with Crippen LogP contribution < -0.4 is 15.4 Å². The minimum absolute atomic E-state index is 0.112. The molecule has 0 radical (unpaired) electrons. The van der Waals surface area contributed by atoms with Gasteiger partial charge < -0.3 is 19.8 Å². The molecule has 0 saturated heterocycles. The van der Waals surface area contributed by atoms with Crippen LogP contribution in [0.1, 0.15) is 20.9 Å². The topological polar surface area (TPSA) is 80.6 Å². The van der Waals surface area contributed by atoms with Gasteiger partial charge in [-0.2, -0.15) is 0 Å². The van der Waals surface area contributed by atoms with E-state index in [1.54, 1.807) is 24.3 Å². The van der Waals surface area contributed by atoms with Gasteiger partial charge in [0, 0.05) is 6.07 Å². The molecule has 132 valence electrons. The van der Waals surface area contributed by atoms with E-state index in [1.807, 2.05) is 0 Å². The highest BCUT2D eigenvalue weighted by Gasteiger charge is 2.16. The second kappa shape index (κ2) is 7.52. The van der Waals surface area contributed by atoms with Gasteiger partial charge in [0.1, 0.15) is 11.6 Å². The molecule has 1 aromatic heterocycles. The summed E-state index contributed by atoms with van der Waals surface area (Å²) >= 11 is 0. The summed E-state index contributed by atoms with van der Waals surface area (Å²) in [6.07, 6.45) is 1.38. The average molecular weight is 354 g/mol. The van der Waals surface area contributed by atoms with Crippen LogP contribution in [0.15, 0.2) is 65.3 Å². The average Bonchev–Trinajstić information content (AvgIpc) is 3.18. The molecule has 0 spiro atoms. The number of furan rings is 1. The molecule has 2 amide bonds. The molecular weight excluding hydrogens is 339 g/mol. The lowest BCUT2D eigenvalue weighted by atomic mass is 10.2. The summed E-state index contributed by atoms with van der Waals surface area (Å²) in [6.45, 7) is 0. The van der Waals surface area contributed by atoms with E-state index < -0.39 is 17.6 Å². The molecule has 0 bridgehead atoms. The Morgan fingerprint density at radius 2 is 1.73 bits per heavy atom. The molecule has 26 heavy (non-hydrogen) atoms. The number of methoxy groups -OCH3 is 1. The number of rotatable bonds is 5. The van der Waals surface area contributed by atoms with E-state index in [1.165, 1.54) is 43.7 Å². The first kappa shape index (κ1) is 17.2. The van der Waals surface area contributed by atoms with E-state index in [-0.39, 0.29) is 17.0 Å². The SMILES string of the molecule is COc1ccc(NC(=O)c2ccco2)c(NC(=O)c2ccccc2F)c1. The number of carbonyl (C=O) groups is 2. The van der Waals surface area contributed by atoms with Gasteiger partial charge in [-0.25, -0.2) is 4.39 Å². The Hall–Kier alpha value is -3.61. The van der Waals surface area contributed by atoms with Crippen molar-refractivity contribution in [3.63, 3.8) is 0 Å². The molecule has 6 nitrogen and oxygen atoms in total. The molecule has 2 aromatic carbocycles. The summed E-state index contributed by atoms with van der Waals surface area (Å²) in [5.74, 6) is -1.20. The Balaban J connectivity index is 1.88. The van der Waals surface area contributed by atoms with Crippen LogP contribution in [0.5, 0.6) is 5.75 Å². The fourth-order valence-electron chi connectivity index (χ4n) is 2.29. The number of nitrogens with one attached hydrogen (secondary N) is 2. The molecular formula is C19H15FN2O4. The standard InChI is InChI=1S/C19H15FN2O4/c1-25-12-8-9-15(21-19(24)17-7-4-10-26-17)16(11-12)22-18(23)13-5-2-3-6-14(13)20/h2-11H,1H3,(H,21,24)(H,22,23). The largest absolute Gasteiger partial charge is 0.497 e. The first-order valence-electron chi connectivity index (χ1n) is 7.67. The van der Waals surface area contributed by atoms with Crippen molar-refractivity contribution >= 4 is 23.2 Å². The molecule has 0 aliphatic carbocycles. The van der Waals surface area contributed by atoms with E-state index in [2.05, 4.69) is 10.6 Å². The highest BCUT2D eigenvalue weighted by Crippen LogP contribution is 2.28. The highest BCUT2D eigenvalue weighted by atomic mass is 19.1. The second-order valence-electron chi connectivity index (χ2n) is 5.28. The van der Waals surface area contributed by atoms with E-state index in [0.717, 1.165) is 0 Å². The summed E-state index contributed by atoms with van der Waals surface area (Å²) in [4.78, 5) is 24.6. The van der Waals surface area contributed by atoms with E-state index in [0.29, 0.717) is 11.4 Å². The number of anilines is 2. The molecule has 3 rings (SSSR count). The van der Waals surface area contributed by atoms with Crippen LogP contribution in [0.25, 0.3) is 0 Å². The first-order valence-corrected chi connectivity index (χ1v) is 7.67. The fourth-order valence-corrected chi connectivity index (χ4v) is 2.29. The number of hydrogen-bond acceptors (Lipinski definition) is 4. The van der Waals surface area contributed by atoms with Crippen LogP contribution in [0.2, 0.25) is 0 Å². The Kier molecular flexibility index (Phi) is 4.98. The van der Waals surface area contributed by atoms with Gasteiger partial charge >= 0.3 is 0 Å². The first-order chi connectivity index (χ1) is 12.6. The van der Waals surface area contributed by atoms with E-state index >= 15 is 0 Å². The predicted molar refractivity (Wildman–Crippen MR) is 94.0 cm³/mol. The van der Waals surface area contributed by atoms with Crippen molar-refractivity contribution in [3.05, 3.63) is 78.0 Å². The minimum Gasteiger partial charge on any atom is -0.497 e. The van der Waals surface area contributed by atoms with Crippen molar-refractivity contribution in [2.75, 3.05) is 17.7 Å². The van der Waals surface area contributed by atoms with Crippen LogP contribution in [0, 0.1) is 5.82 Å². The highest BCUT2D eigenvalue weighted by molar-refractivity contribution is 6.09. The number of ether oxygens (including phenoxy) is 1. The van der Waals surface area contributed by atoms with Crippen LogP contribution >= 0.6 is 0 Å². The Bertz CT molecular complexity index is 938. The lowest BCUT2D eigenvalue weighted by molar-refractivity contribution is 0.0992. The Morgan fingerprint density at radius 1 is 0.962 bits per heavy atom. The monoisotopic (exact) mass is 354 g/mol. The van der Waals surface area contributed by atoms with Gasteiger partial charge in [0.25, 0.3) is 11.8 Å². The third-order valence-corrected chi connectivity index (χ3v) is 3.59. The summed E-state index contributed by atoms with van der Waals surface area (Å²) in [7, 11) is 1.47. The molecule has 3 aromatic rings.